The summed E-state index contributed by atoms with van der Waals surface area (Å²) in [6.45, 7) is 20.1. The SMILES string of the molecule is C#C[Si](C)(C)C.C#Cc1cc(C#C)cc(C(=O)OC(C)C)c1.C#Cc1cc(C#Cc2ccc(CC(=O)O)c(F)c2)cc(C(=O)OC(C)C)c1.C#Cc1cc(C#Cc2ccc(CC(=O)OCOC(C)=O)c(F)c2)cc(C(=O)OC(C)C)c1.CC(=O)OCOC(=O)Cc1ccc(C)cc1F.COC(=O)Cc1ccc(I)cc1F.O=C(O)c1cc(Br)cc(Br)c1. The number of aromatic carboxylic acids is 1. The number of aliphatic carboxylic acids is 1. The van der Waals surface area contributed by atoms with E-state index in [1.54, 1.807) is 133 Å². The number of hydrogen-bond acceptors (Lipinski definition) is 18. The van der Waals surface area contributed by atoms with E-state index in [0.29, 0.717) is 55.6 Å². The van der Waals surface area contributed by atoms with Crippen LogP contribution in [-0.2, 0) is 92.3 Å². The maximum Gasteiger partial charge on any atom is 0.338 e. The molecular formula is C94H85Br2F4IO20Si. The van der Waals surface area contributed by atoms with Gasteiger partial charge in [0.05, 0.1) is 73.4 Å². The van der Waals surface area contributed by atoms with Crippen LogP contribution in [0, 0.1) is 119 Å². The molecule has 0 spiro atoms. The van der Waals surface area contributed by atoms with Gasteiger partial charge in [-0.25, -0.2) is 36.7 Å². The van der Waals surface area contributed by atoms with Crippen LogP contribution in [0.2, 0.25) is 19.6 Å². The summed E-state index contributed by atoms with van der Waals surface area (Å²) in [5.41, 5.74) is 9.31. The third-order valence-corrected chi connectivity index (χ3v) is 16.8. The van der Waals surface area contributed by atoms with Crippen LogP contribution in [0.5, 0.6) is 0 Å². The number of rotatable bonds is 19. The molecule has 0 bridgehead atoms. The van der Waals surface area contributed by atoms with E-state index in [4.69, 9.17) is 61.3 Å². The van der Waals surface area contributed by atoms with Crippen LogP contribution in [-0.4, -0.2) is 117 Å². The lowest BCUT2D eigenvalue weighted by molar-refractivity contribution is -0.167. The van der Waals surface area contributed by atoms with E-state index in [1.807, 2.05) is 22.6 Å². The van der Waals surface area contributed by atoms with Gasteiger partial charge in [-0.2, -0.15) is 0 Å². The number of carboxylic acid groups (broad SMARTS) is 2. The number of carbonyl (C=O) groups excluding carboxylic acids is 8. The van der Waals surface area contributed by atoms with E-state index in [0.717, 1.165) is 18.1 Å². The van der Waals surface area contributed by atoms with Crippen LogP contribution >= 0.6 is 54.5 Å². The van der Waals surface area contributed by atoms with E-state index >= 15 is 0 Å². The van der Waals surface area contributed by atoms with Crippen LogP contribution < -0.4 is 0 Å². The quantitative estimate of drug-likeness (QED) is 0.0145. The zero-order valence-electron chi connectivity index (χ0n) is 68.6. The Morgan fingerprint density at radius 3 is 1.02 bits per heavy atom. The molecule has 0 amide bonds. The molecule has 0 unspecified atom stereocenters. The molecule has 0 radical (unpaired) electrons. The second kappa shape index (κ2) is 54.2. The summed E-state index contributed by atoms with van der Waals surface area (Å²) in [6.07, 6.45) is 24.9. The summed E-state index contributed by atoms with van der Waals surface area (Å²) in [5.74, 6) is 12.6. The normalized spacial score (nSPS) is 9.79. The molecule has 28 heteroatoms. The summed E-state index contributed by atoms with van der Waals surface area (Å²) in [4.78, 5) is 112. The Bertz CT molecular complexity index is 5430. The minimum atomic E-state index is -1.11. The fourth-order valence-corrected chi connectivity index (χ4v) is 10.4. The van der Waals surface area contributed by atoms with E-state index in [1.165, 1.54) is 81.6 Å². The molecule has 0 fully saturated rings. The van der Waals surface area contributed by atoms with Gasteiger partial charge in [-0.05, 0) is 214 Å². The first kappa shape index (κ1) is 105. The van der Waals surface area contributed by atoms with Crippen molar-refractivity contribution in [3.8, 4) is 85.0 Å². The highest BCUT2D eigenvalue weighted by Gasteiger charge is 2.18. The molecule has 0 aliphatic carbocycles. The monoisotopic (exact) mass is 1920 g/mol. The van der Waals surface area contributed by atoms with Crippen LogP contribution in [0.25, 0.3) is 0 Å². The fraction of sp³-hybridized carbons (Fsp3) is 0.234. The number of terminal acetylenes is 5. The first-order valence-electron chi connectivity index (χ1n) is 36.1. The number of aryl methyl sites for hydroxylation is 1. The second-order valence-electron chi connectivity index (χ2n) is 26.9. The molecular weight excluding hydrogens is 1840 g/mol. The standard InChI is InChI=1S/C25H21FO6.C22H17FO4.C14H12O2.C12H13FO4.C9H8FIO2.C7H4Br2O2.C5H10Si/c1-5-18-10-20(12-22(11-18)25(29)32-16(2)3)7-6-19-8-9-21(23(26)13-19)14-24(28)31-15-30-17(4)27;1-4-15-9-17(11-19(10-15)22(26)27-14(2)3)6-5-16-7-8-18(13-21(24)25)20(23)12-16;1-5-11-7-12(6-2)9-13(8-11)14(15)16-10(3)4;1-8-3-4-10(11(13)5-8)6-12(15)17-7-16-9(2)14;1-13-9(12)4-6-2-3-7(11)5-8(6)10;8-5-1-4(7(10)11)2-6(9)3-5;1-5-6(2,3)4/h1,8-13,16H,14-15H2,2-4H3;1,7-12,14H,13H2,2-3H3,(H,24,25);1-2,7-10H,3-4H3;3-5H,6-7H2,1-2H3;2-3,5H,4H2,1H3;1-3H,(H,10,11);1H,2-4H3. The lowest BCUT2D eigenvalue weighted by atomic mass is 10.0. The highest BCUT2D eigenvalue weighted by Crippen LogP contribution is 2.22. The Balaban J connectivity index is 0.000000507. The van der Waals surface area contributed by atoms with E-state index < -0.39 is 105 Å². The van der Waals surface area contributed by atoms with Crippen LogP contribution in [0.4, 0.5) is 17.6 Å². The molecule has 2 N–H and O–H groups in total. The molecule has 0 aliphatic rings. The van der Waals surface area contributed by atoms with E-state index in [-0.39, 0.29) is 76.8 Å². The van der Waals surface area contributed by atoms with Gasteiger partial charge >= 0.3 is 59.7 Å². The third kappa shape index (κ3) is 43.6. The Kier molecular flexibility index (Phi) is 46.7. The molecule has 8 rings (SSSR count). The topological polar surface area (TPSA) is 285 Å². The van der Waals surface area contributed by atoms with Crippen molar-refractivity contribution < 1.29 is 114 Å². The Labute approximate surface area is 738 Å². The first-order valence-corrected chi connectivity index (χ1v) is 42.2. The van der Waals surface area contributed by atoms with Crippen molar-refractivity contribution in [2.75, 3.05) is 20.7 Å². The Morgan fingerprint density at radius 1 is 0.410 bits per heavy atom. The molecule has 0 saturated heterocycles. The summed E-state index contributed by atoms with van der Waals surface area (Å²) in [5, 5.41) is 17.3. The lowest BCUT2D eigenvalue weighted by Gasteiger charge is -2.08. The van der Waals surface area contributed by atoms with Gasteiger partial charge in [0, 0.05) is 70.9 Å². The average Bonchev–Trinajstić information content (AvgIpc) is 0.842. The van der Waals surface area contributed by atoms with Crippen molar-refractivity contribution in [1.82, 2.24) is 0 Å². The molecule has 634 valence electrons. The number of halogens is 7. The number of methoxy groups -OCH3 is 1. The predicted molar refractivity (Wildman–Crippen MR) is 469 cm³/mol. The zero-order chi connectivity index (χ0) is 92.1. The van der Waals surface area contributed by atoms with Gasteiger partial charge < -0.3 is 48.1 Å². The molecule has 0 saturated carbocycles. The molecule has 0 atom stereocenters. The number of esters is 8. The number of ether oxygens (including phenoxy) is 8. The predicted octanol–water partition coefficient (Wildman–Crippen LogP) is 17.3. The smallest absolute Gasteiger partial charge is 0.338 e. The molecule has 0 aliphatic heterocycles. The average molecular weight is 1930 g/mol. The van der Waals surface area contributed by atoms with Crippen molar-refractivity contribution >= 4 is 122 Å². The minimum Gasteiger partial charge on any atom is -0.481 e. The molecule has 122 heavy (non-hydrogen) atoms. The van der Waals surface area contributed by atoms with Gasteiger partial charge in [-0.3, -0.25) is 28.8 Å². The van der Waals surface area contributed by atoms with Gasteiger partial charge in [-0.1, -0.05) is 129 Å². The van der Waals surface area contributed by atoms with Gasteiger partial charge in [-0.15, -0.1) is 37.7 Å². The molecule has 8 aromatic rings. The lowest BCUT2D eigenvalue weighted by Crippen LogP contribution is -2.15. The number of carboxylic acids is 2. The molecule has 0 heterocycles. The van der Waals surface area contributed by atoms with E-state index in [2.05, 4.69) is 123 Å². The maximum absolute atomic E-state index is 14.3. The van der Waals surface area contributed by atoms with Crippen LogP contribution in [0.1, 0.15) is 169 Å². The summed E-state index contributed by atoms with van der Waals surface area (Å²) >= 11 is 8.38. The van der Waals surface area contributed by atoms with Crippen molar-refractivity contribution in [3.05, 3.63) is 276 Å². The van der Waals surface area contributed by atoms with Gasteiger partial charge in [0.2, 0.25) is 13.6 Å². The van der Waals surface area contributed by atoms with Crippen molar-refractivity contribution in [2.45, 2.75) is 126 Å². The van der Waals surface area contributed by atoms with E-state index in [9.17, 15) is 65.5 Å². The number of benzene rings is 8. The summed E-state index contributed by atoms with van der Waals surface area (Å²) < 4.78 is 95.1. The molecule has 20 nitrogen and oxygen atoms in total. The van der Waals surface area contributed by atoms with Crippen LogP contribution in [0.15, 0.2) is 155 Å². The van der Waals surface area contributed by atoms with Gasteiger partial charge in [0.25, 0.3) is 0 Å². The minimum absolute atomic E-state index is 0.0146. The first-order chi connectivity index (χ1) is 57.3. The van der Waals surface area contributed by atoms with Crippen molar-refractivity contribution in [2.24, 2.45) is 0 Å². The van der Waals surface area contributed by atoms with Crippen LogP contribution in [0.3, 0.4) is 0 Å². The Hall–Kier alpha value is -13.0. The highest BCUT2D eigenvalue weighted by molar-refractivity contribution is 14.1. The fourth-order valence-electron chi connectivity index (χ4n) is 8.68. The third-order valence-electron chi connectivity index (χ3n) is 14.3. The Morgan fingerprint density at radius 2 is 0.721 bits per heavy atom. The molecule has 0 aromatic heterocycles. The zero-order valence-corrected chi connectivity index (χ0v) is 74.9. The largest absolute Gasteiger partial charge is 0.481 e. The maximum atomic E-state index is 14.3. The summed E-state index contributed by atoms with van der Waals surface area (Å²) in [6, 6.07) is 36.7. The second-order valence-corrected chi connectivity index (χ2v) is 34.7. The highest BCUT2D eigenvalue weighted by atomic mass is 127. The van der Waals surface area contributed by atoms with Gasteiger partial charge in [0.1, 0.15) is 31.3 Å². The van der Waals surface area contributed by atoms with Crippen molar-refractivity contribution in [1.29, 1.82) is 0 Å². The number of hydrogen-bond donors (Lipinski definition) is 2. The number of carbonyl (C=O) groups is 10. The van der Waals surface area contributed by atoms with Gasteiger partial charge in [0.15, 0.2) is 0 Å². The van der Waals surface area contributed by atoms with Crippen molar-refractivity contribution in [3.63, 3.8) is 0 Å². The molecule has 8 aromatic carbocycles. The summed E-state index contributed by atoms with van der Waals surface area (Å²) in [7, 11) is 0.181.